The average Bonchev–Trinajstić information content (AvgIpc) is 2.54. The molecule has 0 atom stereocenters. The van der Waals surface area contributed by atoms with Crippen LogP contribution in [0.25, 0.3) is 0 Å². The largest absolute Gasteiger partial charge is 0.484 e. The lowest BCUT2D eigenvalue weighted by atomic mass is 10.2. The number of carbonyl (C=O) groups is 1. The molecule has 0 saturated carbocycles. The van der Waals surface area contributed by atoms with Crippen molar-refractivity contribution in [2.24, 2.45) is 0 Å². The molecule has 9 heteroatoms. The molecule has 0 radical (unpaired) electrons. The summed E-state index contributed by atoms with van der Waals surface area (Å²) >= 11 is 0. The van der Waals surface area contributed by atoms with E-state index >= 15 is 0 Å². The molecular weight excluding hydrogens is 341 g/mol. The zero-order valence-electron chi connectivity index (χ0n) is 13.0. The van der Waals surface area contributed by atoms with Crippen molar-refractivity contribution in [2.45, 2.75) is 13.1 Å². The van der Waals surface area contributed by atoms with Crippen molar-refractivity contribution in [3.63, 3.8) is 0 Å². The SMILES string of the molecule is Cc1ccc([N+](=O)[O-])cc1NC(=O)COc1cccc(C(F)(F)F)c1. The Morgan fingerprint density at radius 3 is 2.60 bits per heavy atom. The van der Waals surface area contributed by atoms with Gasteiger partial charge in [0.05, 0.1) is 16.2 Å². The van der Waals surface area contributed by atoms with Gasteiger partial charge in [-0.3, -0.25) is 14.9 Å². The van der Waals surface area contributed by atoms with E-state index in [4.69, 9.17) is 4.74 Å². The summed E-state index contributed by atoms with van der Waals surface area (Å²) in [7, 11) is 0. The van der Waals surface area contributed by atoms with Crippen molar-refractivity contribution in [2.75, 3.05) is 11.9 Å². The van der Waals surface area contributed by atoms with Gasteiger partial charge in [0, 0.05) is 12.1 Å². The summed E-state index contributed by atoms with van der Waals surface area (Å²) in [6, 6.07) is 8.09. The van der Waals surface area contributed by atoms with Gasteiger partial charge in [0.1, 0.15) is 5.75 Å². The predicted octanol–water partition coefficient (Wildman–Crippen LogP) is 3.94. The number of nitrogens with one attached hydrogen (secondary N) is 1. The third kappa shape index (κ3) is 4.93. The number of alkyl halides is 3. The second-order valence-corrected chi connectivity index (χ2v) is 5.12. The van der Waals surface area contributed by atoms with Crippen molar-refractivity contribution in [3.05, 3.63) is 63.7 Å². The number of halogens is 3. The van der Waals surface area contributed by atoms with Crippen LogP contribution in [0.15, 0.2) is 42.5 Å². The smallest absolute Gasteiger partial charge is 0.416 e. The minimum Gasteiger partial charge on any atom is -0.484 e. The van der Waals surface area contributed by atoms with Gasteiger partial charge in [0.25, 0.3) is 11.6 Å². The lowest BCUT2D eigenvalue weighted by Crippen LogP contribution is -2.21. The minimum atomic E-state index is -4.51. The Morgan fingerprint density at radius 2 is 1.96 bits per heavy atom. The minimum absolute atomic E-state index is 0.110. The quantitative estimate of drug-likeness (QED) is 0.651. The summed E-state index contributed by atoms with van der Waals surface area (Å²) in [5, 5.41) is 13.2. The standard InChI is InChI=1S/C16H13F3N2O4/c1-10-5-6-12(21(23)24)8-14(10)20-15(22)9-25-13-4-2-3-11(7-13)16(17,18)19/h2-8H,9H2,1H3,(H,20,22). The molecule has 132 valence electrons. The highest BCUT2D eigenvalue weighted by atomic mass is 19.4. The van der Waals surface area contributed by atoms with Crippen LogP contribution in [0, 0.1) is 17.0 Å². The number of carbonyl (C=O) groups excluding carboxylic acids is 1. The van der Waals surface area contributed by atoms with E-state index in [0.29, 0.717) is 5.56 Å². The Morgan fingerprint density at radius 1 is 1.24 bits per heavy atom. The molecule has 2 aromatic carbocycles. The van der Waals surface area contributed by atoms with Gasteiger partial charge < -0.3 is 10.1 Å². The highest BCUT2D eigenvalue weighted by molar-refractivity contribution is 5.93. The molecule has 0 bridgehead atoms. The van der Waals surface area contributed by atoms with Crippen molar-refractivity contribution in [1.29, 1.82) is 0 Å². The topological polar surface area (TPSA) is 81.5 Å². The molecule has 6 nitrogen and oxygen atoms in total. The van der Waals surface area contributed by atoms with E-state index in [-0.39, 0.29) is 17.1 Å². The number of anilines is 1. The van der Waals surface area contributed by atoms with E-state index in [1.54, 1.807) is 6.92 Å². The lowest BCUT2D eigenvalue weighted by Gasteiger charge is -2.11. The van der Waals surface area contributed by atoms with Gasteiger partial charge in [-0.2, -0.15) is 13.2 Å². The zero-order chi connectivity index (χ0) is 18.6. The van der Waals surface area contributed by atoms with Gasteiger partial charge in [-0.15, -0.1) is 0 Å². The first-order chi connectivity index (χ1) is 11.7. The van der Waals surface area contributed by atoms with Crippen LogP contribution < -0.4 is 10.1 Å². The van der Waals surface area contributed by atoms with E-state index < -0.39 is 29.2 Å². The summed E-state index contributed by atoms with van der Waals surface area (Å²) in [5.41, 5.74) is -0.260. The molecule has 0 spiro atoms. The lowest BCUT2D eigenvalue weighted by molar-refractivity contribution is -0.384. The van der Waals surface area contributed by atoms with Crippen LogP contribution in [0.3, 0.4) is 0 Å². The number of amides is 1. The molecule has 0 aromatic heterocycles. The fraction of sp³-hybridized carbons (Fsp3) is 0.188. The van der Waals surface area contributed by atoms with Crippen LogP contribution in [0.4, 0.5) is 24.5 Å². The van der Waals surface area contributed by atoms with Crippen molar-refractivity contribution in [1.82, 2.24) is 0 Å². The fourth-order valence-electron chi connectivity index (χ4n) is 1.96. The van der Waals surface area contributed by atoms with Gasteiger partial charge in [-0.1, -0.05) is 12.1 Å². The molecule has 0 fully saturated rings. The van der Waals surface area contributed by atoms with E-state index in [1.165, 1.54) is 30.3 Å². The summed E-state index contributed by atoms with van der Waals surface area (Å²) in [5.74, 6) is -0.762. The van der Waals surface area contributed by atoms with Crippen molar-refractivity contribution < 1.29 is 27.6 Å². The first kappa shape index (κ1) is 18.2. The average molecular weight is 354 g/mol. The second-order valence-electron chi connectivity index (χ2n) is 5.12. The maximum absolute atomic E-state index is 12.6. The number of hydrogen-bond acceptors (Lipinski definition) is 4. The Balaban J connectivity index is 2.02. The number of rotatable bonds is 5. The number of benzene rings is 2. The van der Waals surface area contributed by atoms with E-state index in [2.05, 4.69) is 5.32 Å². The van der Waals surface area contributed by atoms with Crippen LogP contribution >= 0.6 is 0 Å². The molecule has 2 rings (SSSR count). The number of nitro groups is 1. The number of nitro benzene ring substituents is 1. The first-order valence-corrected chi connectivity index (χ1v) is 7.02. The molecule has 0 aliphatic rings. The monoisotopic (exact) mass is 354 g/mol. The highest BCUT2D eigenvalue weighted by Crippen LogP contribution is 2.31. The molecule has 0 aliphatic heterocycles. The molecule has 25 heavy (non-hydrogen) atoms. The van der Waals surface area contributed by atoms with E-state index in [1.807, 2.05) is 0 Å². The van der Waals surface area contributed by atoms with Gasteiger partial charge in [0.15, 0.2) is 6.61 Å². The molecular formula is C16H13F3N2O4. The summed E-state index contributed by atoms with van der Waals surface area (Å²) in [4.78, 5) is 22.0. The number of non-ortho nitro benzene ring substituents is 1. The van der Waals surface area contributed by atoms with Crippen LogP contribution in [0.2, 0.25) is 0 Å². The first-order valence-electron chi connectivity index (χ1n) is 7.02. The number of hydrogen-bond donors (Lipinski definition) is 1. The van der Waals surface area contributed by atoms with Crippen molar-refractivity contribution >= 4 is 17.3 Å². The fourth-order valence-corrected chi connectivity index (χ4v) is 1.96. The molecule has 1 N–H and O–H groups in total. The van der Waals surface area contributed by atoms with Gasteiger partial charge in [0.2, 0.25) is 0 Å². The Labute approximate surface area is 140 Å². The molecule has 0 aliphatic carbocycles. The molecule has 1 amide bonds. The summed E-state index contributed by atoms with van der Waals surface area (Å²) in [6.07, 6.45) is -4.51. The van der Waals surface area contributed by atoms with Gasteiger partial charge in [-0.05, 0) is 30.7 Å². The van der Waals surface area contributed by atoms with Crippen LogP contribution in [-0.4, -0.2) is 17.4 Å². The third-order valence-electron chi connectivity index (χ3n) is 3.24. The maximum Gasteiger partial charge on any atom is 0.416 e. The van der Waals surface area contributed by atoms with Crippen LogP contribution in [0.5, 0.6) is 5.75 Å². The summed E-state index contributed by atoms with van der Waals surface area (Å²) < 4.78 is 42.9. The van der Waals surface area contributed by atoms with Crippen molar-refractivity contribution in [3.8, 4) is 5.75 Å². The van der Waals surface area contributed by atoms with Gasteiger partial charge in [-0.25, -0.2) is 0 Å². The molecule has 0 saturated heterocycles. The van der Waals surface area contributed by atoms with Crippen LogP contribution in [-0.2, 0) is 11.0 Å². The van der Waals surface area contributed by atoms with Crippen LogP contribution in [0.1, 0.15) is 11.1 Å². The molecule has 0 heterocycles. The normalized spacial score (nSPS) is 11.0. The molecule has 2 aromatic rings. The molecule has 0 unspecified atom stereocenters. The summed E-state index contributed by atoms with van der Waals surface area (Å²) in [6.45, 7) is 1.11. The number of nitrogens with zero attached hydrogens (tertiary/aromatic N) is 1. The highest BCUT2D eigenvalue weighted by Gasteiger charge is 2.30. The third-order valence-corrected chi connectivity index (χ3v) is 3.24. The maximum atomic E-state index is 12.6. The number of ether oxygens (including phenoxy) is 1. The second kappa shape index (κ2) is 7.20. The van der Waals surface area contributed by atoms with E-state index in [9.17, 15) is 28.1 Å². The number of aryl methyl sites for hydroxylation is 1. The Bertz CT molecular complexity index is 806. The predicted molar refractivity (Wildman–Crippen MR) is 83.4 cm³/mol. The Hall–Kier alpha value is -3.10. The van der Waals surface area contributed by atoms with E-state index in [0.717, 1.165) is 12.1 Å². The Kier molecular flexibility index (Phi) is 5.26. The van der Waals surface area contributed by atoms with Gasteiger partial charge >= 0.3 is 6.18 Å². The zero-order valence-corrected chi connectivity index (χ0v) is 13.0.